The predicted octanol–water partition coefficient (Wildman–Crippen LogP) is 5.34. The number of rotatable bonds is 7. The van der Waals surface area contributed by atoms with Crippen molar-refractivity contribution in [2.45, 2.75) is 12.7 Å². The number of hydrogen-bond donors (Lipinski definition) is 1. The molecular weight excluding hydrogens is 477 g/mol. The molecular formula is C24H19Cl2N5O3. The third kappa shape index (κ3) is 4.59. The first-order valence-corrected chi connectivity index (χ1v) is 11.2. The zero-order valence-corrected chi connectivity index (χ0v) is 19.6. The molecule has 2 aromatic carbocycles. The summed E-state index contributed by atoms with van der Waals surface area (Å²) in [6.45, 7) is 1.90. The zero-order valence-electron chi connectivity index (χ0n) is 18.1. The summed E-state index contributed by atoms with van der Waals surface area (Å²) in [5.41, 5.74) is 1.83. The second-order valence-corrected chi connectivity index (χ2v) is 8.62. The molecule has 10 heteroatoms. The van der Waals surface area contributed by atoms with Crippen LogP contribution in [0.25, 0.3) is 11.0 Å². The average Bonchev–Trinajstić information content (AvgIpc) is 3.21. The van der Waals surface area contributed by atoms with Gasteiger partial charge in [-0.2, -0.15) is 10.4 Å². The van der Waals surface area contributed by atoms with Gasteiger partial charge in [-0.25, -0.2) is 4.98 Å². The van der Waals surface area contributed by atoms with Gasteiger partial charge in [0.2, 0.25) is 0 Å². The van der Waals surface area contributed by atoms with Gasteiger partial charge in [0.25, 0.3) is 0 Å². The molecule has 1 aliphatic heterocycles. The van der Waals surface area contributed by atoms with Crippen molar-refractivity contribution < 1.29 is 14.2 Å². The molecule has 2 aromatic heterocycles. The fourth-order valence-electron chi connectivity index (χ4n) is 3.62. The van der Waals surface area contributed by atoms with Gasteiger partial charge in [0.05, 0.1) is 28.5 Å². The number of nitrogens with zero attached hydrogens (tertiary/aromatic N) is 4. The van der Waals surface area contributed by atoms with Gasteiger partial charge in [-0.05, 0) is 42.5 Å². The van der Waals surface area contributed by atoms with E-state index in [0.717, 1.165) is 30.0 Å². The van der Waals surface area contributed by atoms with Crippen molar-refractivity contribution in [3.8, 4) is 23.3 Å². The Morgan fingerprint density at radius 2 is 1.97 bits per heavy atom. The molecule has 0 saturated carbocycles. The van der Waals surface area contributed by atoms with Gasteiger partial charge in [0.15, 0.2) is 5.65 Å². The third-order valence-electron chi connectivity index (χ3n) is 5.50. The van der Waals surface area contributed by atoms with E-state index in [1.54, 1.807) is 43.5 Å². The van der Waals surface area contributed by atoms with E-state index in [9.17, 15) is 0 Å². The van der Waals surface area contributed by atoms with Crippen LogP contribution < -0.4 is 14.4 Å². The Kier molecular flexibility index (Phi) is 6.16. The third-order valence-corrected chi connectivity index (χ3v) is 6.03. The van der Waals surface area contributed by atoms with E-state index in [0.29, 0.717) is 38.5 Å². The number of fused-ring (bicyclic) bond motifs is 1. The monoisotopic (exact) mass is 495 g/mol. The van der Waals surface area contributed by atoms with Crippen molar-refractivity contribution in [3.05, 3.63) is 69.8 Å². The summed E-state index contributed by atoms with van der Waals surface area (Å²) in [7, 11) is 1.72. The molecule has 172 valence electrons. The zero-order chi connectivity index (χ0) is 23.7. The second kappa shape index (κ2) is 9.39. The van der Waals surface area contributed by atoms with Crippen molar-refractivity contribution in [2.75, 3.05) is 25.1 Å². The highest BCUT2D eigenvalue weighted by Crippen LogP contribution is 2.34. The topological polar surface area (TPSA) is 96.3 Å². The molecule has 34 heavy (non-hydrogen) atoms. The molecule has 1 saturated heterocycles. The van der Waals surface area contributed by atoms with E-state index in [4.69, 9.17) is 42.7 Å². The van der Waals surface area contributed by atoms with E-state index >= 15 is 0 Å². The largest absolute Gasteiger partial charge is 0.487 e. The quantitative estimate of drug-likeness (QED) is 0.369. The fraction of sp³-hybridized carbons (Fsp3) is 0.208. The lowest BCUT2D eigenvalue weighted by Crippen LogP contribution is -2.52. The van der Waals surface area contributed by atoms with Crippen LogP contribution in [0.3, 0.4) is 0 Å². The number of nitriles is 1. The van der Waals surface area contributed by atoms with Gasteiger partial charge in [-0.15, -0.1) is 0 Å². The molecule has 0 bridgehead atoms. The van der Waals surface area contributed by atoms with Crippen molar-refractivity contribution in [2.24, 2.45) is 0 Å². The van der Waals surface area contributed by atoms with Crippen LogP contribution in [0.4, 0.5) is 5.82 Å². The fourth-order valence-corrected chi connectivity index (χ4v) is 4.00. The lowest BCUT2D eigenvalue weighted by Gasteiger charge is -2.38. The summed E-state index contributed by atoms with van der Waals surface area (Å²) in [4.78, 5) is 6.78. The first kappa shape index (κ1) is 22.3. The Morgan fingerprint density at radius 1 is 1.12 bits per heavy atom. The Morgan fingerprint density at radius 3 is 2.76 bits per heavy atom. The first-order chi connectivity index (χ1) is 16.5. The highest BCUT2D eigenvalue weighted by atomic mass is 35.5. The van der Waals surface area contributed by atoms with Gasteiger partial charge in [0.1, 0.15) is 29.7 Å². The lowest BCUT2D eigenvalue weighted by atomic mass is 10.1. The van der Waals surface area contributed by atoms with Gasteiger partial charge in [-0.3, -0.25) is 5.10 Å². The van der Waals surface area contributed by atoms with E-state index < -0.39 is 0 Å². The SMILES string of the molecule is COC1CN(c2ccc3c(COc4ccc(Cl)c(Oc5cc(Cl)cc(C#N)c5)c4)[nH]nc3n2)C1. The van der Waals surface area contributed by atoms with Crippen molar-refractivity contribution >= 4 is 40.1 Å². The maximum Gasteiger partial charge on any atom is 0.183 e. The van der Waals surface area contributed by atoms with Gasteiger partial charge < -0.3 is 19.1 Å². The number of pyridine rings is 1. The Labute approximate surface area is 205 Å². The highest BCUT2D eigenvalue weighted by Gasteiger charge is 2.27. The number of benzene rings is 2. The minimum atomic E-state index is 0.251. The summed E-state index contributed by atoms with van der Waals surface area (Å²) in [6.07, 6.45) is 0.251. The summed E-state index contributed by atoms with van der Waals surface area (Å²) in [6, 6.07) is 15.9. The molecule has 8 nitrogen and oxygen atoms in total. The maximum atomic E-state index is 9.14. The molecule has 3 heterocycles. The van der Waals surface area contributed by atoms with Crippen LogP contribution >= 0.6 is 23.2 Å². The summed E-state index contributed by atoms with van der Waals surface area (Å²) >= 11 is 12.4. The Balaban J connectivity index is 1.29. The Bertz CT molecular complexity index is 1400. The van der Waals surface area contributed by atoms with E-state index in [-0.39, 0.29) is 12.7 Å². The van der Waals surface area contributed by atoms with Crippen LogP contribution in [-0.2, 0) is 11.3 Å². The number of anilines is 1. The second-order valence-electron chi connectivity index (χ2n) is 7.78. The molecule has 1 fully saturated rings. The number of methoxy groups -OCH3 is 1. The predicted molar refractivity (Wildman–Crippen MR) is 129 cm³/mol. The van der Waals surface area contributed by atoms with Crippen LogP contribution in [-0.4, -0.2) is 41.5 Å². The molecule has 0 aliphatic carbocycles. The van der Waals surface area contributed by atoms with Crippen LogP contribution in [0, 0.1) is 11.3 Å². The molecule has 4 aromatic rings. The number of ether oxygens (including phenoxy) is 3. The van der Waals surface area contributed by atoms with Gasteiger partial charge in [0, 0.05) is 36.7 Å². The Hall–Kier alpha value is -3.51. The molecule has 0 amide bonds. The summed E-state index contributed by atoms with van der Waals surface area (Å²) in [5, 5.41) is 18.2. The van der Waals surface area contributed by atoms with Gasteiger partial charge in [-0.1, -0.05) is 23.2 Å². The average molecular weight is 496 g/mol. The summed E-state index contributed by atoms with van der Waals surface area (Å²) in [5.74, 6) is 2.22. The minimum Gasteiger partial charge on any atom is -0.487 e. The first-order valence-electron chi connectivity index (χ1n) is 10.4. The molecule has 0 atom stereocenters. The minimum absolute atomic E-state index is 0.251. The van der Waals surface area contributed by atoms with Crippen molar-refractivity contribution in [1.82, 2.24) is 15.2 Å². The number of H-pyrrole nitrogens is 1. The number of hydrogen-bond acceptors (Lipinski definition) is 7. The molecule has 0 unspecified atom stereocenters. The van der Waals surface area contributed by atoms with Crippen LogP contribution in [0.5, 0.6) is 17.2 Å². The van der Waals surface area contributed by atoms with E-state index in [2.05, 4.69) is 20.1 Å². The lowest BCUT2D eigenvalue weighted by molar-refractivity contribution is 0.0783. The number of halogens is 2. The van der Waals surface area contributed by atoms with Crippen LogP contribution in [0.1, 0.15) is 11.3 Å². The molecule has 0 radical (unpaired) electrons. The number of nitrogens with one attached hydrogen (secondary N) is 1. The highest BCUT2D eigenvalue weighted by molar-refractivity contribution is 6.32. The van der Waals surface area contributed by atoms with Gasteiger partial charge >= 0.3 is 0 Å². The van der Waals surface area contributed by atoms with Crippen molar-refractivity contribution in [3.63, 3.8) is 0 Å². The molecule has 1 aliphatic rings. The van der Waals surface area contributed by atoms with Crippen LogP contribution in [0.15, 0.2) is 48.5 Å². The van der Waals surface area contributed by atoms with E-state index in [1.165, 1.54) is 0 Å². The maximum absolute atomic E-state index is 9.14. The van der Waals surface area contributed by atoms with Crippen molar-refractivity contribution in [1.29, 1.82) is 5.26 Å². The molecule has 0 spiro atoms. The normalized spacial score (nSPS) is 13.5. The number of aromatic nitrogens is 3. The summed E-state index contributed by atoms with van der Waals surface area (Å²) < 4.78 is 17.1. The van der Waals surface area contributed by atoms with E-state index in [1.807, 2.05) is 18.2 Å². The standard InChI is InChI=1S/C24H19Cl2N5O3/c1-32-18-11-31(12-18)23-5-3-19-21(29-30-24(19)28-23)13-33-16-2-4-20(26)22(9-16)34-17-7-14(10-27)6-15(25)8-17/h2-9,18H,11-13H2,1H3,(H,28,29,30). The number of aromatic amines is 1. The molecule has 1 N–H and O–H groups in total. The molecule has 5 rings (SSSR count). The smallest absolute Gasteiger partial charge is 0.183 e. The van der Waals surface area contributed by atoms with Crippen LogP contribution in [0.2, 0.25) is 10.0 Å².